The van der Waals surface area contributed by atoms with Gasteiger partial charge in [-0.1, -0.05) is 0 Å². The Morgan fingerprint density at radius 3 is 2.59 bits per heavy atom. The maximum Gasteiger partial charge on any atom is 0.410 e. The molecule has 0 radical (unpaired) electrons. The van der Waals surface area contributed by atoms with Crippen molar-refractivity contribution in [2.75, 3.05) is 19.8 Å². The van der Waals surface area contributed by atoms with Gasteiger partial charge in [0.2, 0.25) is 0 Å². The molecule has 0 aromatic heterocycles. The number of hydrogen-bond donors (Lipinski definition) is 1. The van der Waals surface area contributed by atoms with Crippen molar-refractivity contribution in [2.24, 2.45) is 0 Å². The zero-order chi connectivity index (χ0) is 12.7. The minimum Gasteiger partial charge on any atom is -0.444 e. The molecule has 5 heteroatoms. The van der Waals surface area contributed by atoms with Crippen molar-refractivity contribution in [3.05, 3.63) is 0 Å². The Labute approximate surface area is 102 Å². The molecule has 98 valence electrons. The monoisotopic (exact) mass is 243 g/mol. The number of likely N-dealkylation sites (tertiary alicyclic amines) is 1. The first-order chi connectivity index (χ1) is 7.82. The van der Waals surface area contributed by atoms with Crippen molar-refractivity contribution in [3.8, 4) is 0 Å². The number of carbonyl (C=O) groups is 1. The van der Waals surface area contributed by atoms with E-state index >= 15 is 0 Å². The van der Waals surface area contributed by atoms with Crippen molar-refractivity contribution >= 4 is 6.09 Å². The van der Waals surface area contributed by atoms with E-state index in [1.807, 2.05) is 20.8 Å². The number of aliphatic hydroxyl groups excluding tert-OH is 1. The van der Waals surface area contributed by atoms with Gasteiger partial charge in [0.1, 0.15) is 5.60 Å². The number of aliphatic hydroxyl groups is 1. The lowest BCUT2D eigenvalue weighted by molar-refractivity contribution is -0.167. The van der Waals surface area contributed by atoms with Crippen LogP contribution in [0.1, 0.15) is 33.6 Å². The number of carbonyl (C=O) groups excluding carboxylic acids is 1. The first-order valence-electron chi connectivity index (χ1n) is 6.09. The Bertz CT molecular complexity index is 306. The Morgan fingerprint density at radius 1 is 1.47 bits per heavy atom. The van der Waals surface area contributed by atoms with Crippen LogP contribution in [0.2, 0.25) is 0 Å². The highest BCUT2D eigenvalue weighted by molar-refractivity contribution is 5.69. The number of piperidine rings is 1. The maximum atomic E-state index is 12.1. The highest BCUT2D eigenvalue weighted by Crippen LogP contribution is 2.35. The Morgan fingerprint density at radius 2 is 2.12 bits per heavy atom. The molecule has 5 nitrogen and oxygen atoms in total. The highest BCUT2D eigenvalue weighted by Gasteiger charge is 2.51. The van der Waals surface area contributed by atoms with Gasteiger partial charge in [0.05, 0.1) is 24.9 Å². The van der Waals surface area contributed by atoms with E-state index in [0.29, 0.717) is 32.6 Å². The van der Waals surface area contributed by atoms with E-state index in [1.165, 1.54) is 0 Å². The summed E-state index contributed by atoms with van der Waals surface area (Å²) >= 11 is 0. The molecule has 2 aliphatic rings. The standard InChI is InChI=1S/C12H21NO4/c1-11(2,3)17-10(15)13-5-4-9(14)6-12(13)7-16-8-12/h9,14H,4-8H2,1-3H3. The Balaban J connectivity index is 2.06. The molecule has 0 saturated carbocycles. The van der Waals surface area contributed by atoms with Gasteiger partial charge in [-0.3, -0.25) is 4.90 Å². The summed E-state index contributed by atoms with van der Waals surface area (Å²) in [6.45, 7) is 7.11. The number of hydrogen-bond acceptors (Lipinski definition) is 4. The molecule has 2 rings (SSSR count). The zero-order valence-corrected chi connectivity index (χ0v) is 10.7. The molecular formula is C12H21NO4. The summed E-state index contributed by atoms with van der Waals surface area (Å²) in [5, 5.41) is 9.71. The third kappa shape index (κ3) is 2.55. The maximum absolute atomic E-state index is 12.1. The average Bonchev–Trinajstić information content (AvgIpc) is 2.12. The number of ether oxygens (including phenoxy) is 2. The van der Waals surface area contributed by atoms with Crippen LogP contribution in [0.5, 0.6) is 0 Å². The molecule has 1 unspecified atom stereocenters. The minimum atomic E-state index is -0.487. The highest BCUT2D eigenvalue weighted by atomic mass is 16.6. The predicted octanol–water partition coefficient (Wildman–Crippen LogP) is 1.15. The third-order valence-corrected chi connectivity index (χ3v) is 3.23. The second kappa shape index (κ2) is 4.14. The summed E-state index contributed by atoms with van der Waals surface area (Å²) in [5.74, 6) is 0. The molecule has 2 saturated heterocycles. The molecule has 17 heavy (non-hydrogen) atoms. The number of rotatable bonds is 0. The molecule has 0 aromatic carbocycles. The molecule has 2 fully saturated rings. The van der Waals surface area contributed by atoms with E-state index in [0.717, 1.165) is 0 Å². The van der Waals surface area contributed by atoms with Crippen molar-refractivity contribution in [2.45, 2.75) is 50.9 Å². The fourth-order valence-electron chi connectivity index (χ4n) is 2.38. The van der Waals surface area contributed by atoms with Crippen LogP contribution in [-0.2, 0) is 9.47 Å². The normalized spacial score (nSPS) is 27.8. The third-order valence-electron chi connectivity index (χ3n) is 3.23. The van der Waals surface area contributed by atoms with E-state index in [2.05, 4.69) is 0 Å². The molecule has 0 aromatic rings. The van der Waals surface area contributed by atoms with Crippen LogP contribution in [0.15, 0.2) is 0 Å². The first kappa shape index (κ1) is 12.6. The van der Waals surface area contributed by atoms with Crippen LogP contribution in [0, 0.1) is 0 Å². The lowest BCUT2D eigenvalue weighted by atomic mass is 9.83. The Hall–Kier alpha value is -0.810. The fraction of sp³-hybridized carbons (Fsp3) is 0.917. The summed E-state index contributed by atoms with van der Waals surface area (Å²) in [7, 11) is 0. The summed E-state index contributed by atoms with van der Waals surface area (Å²) in [4.78, 5) is 13.8. The largest absolute Gasteiger partial charge is 0.444 e. The van der Waals surface area contributed by atoms with Gasteiger partial charge in [-0.05, 0) is 27.2 Å². The summed E-state index contributed by atoms with van der Waals surface area (Å²) < 4.78 is 10.6. The van der Waals surface area contributed by atoms with Crippen LogP contribution >= 0.6 is 0 Å². The topological polar surface area (TPSA) is 59.0 Å². The van der Waals surface area contributed by atoms with Gasteiger partial charge in [0, 0.05) is 13.0 Å². The van der Waals surface area contributed by atoms with Crippen LogP contribution in [0.25, 0.3) is 0 Å². The molecule has 0 aliphatic carbocycles. The van der Waals surface area contributed by atoms with Gasteiger partial charge in [0.25, 0.3) is 0 Å². The fourth-order valence-corrected chi connectivity index (χ4v) is 2.38. The minimum absolute atomic E-state index is 0.298. The molecule has 1 atom stereocenters. The van der Waals surface area contributed by atoms with Crippen LogP contribution in [-0.4, -0.2) is 53.1 Å². The van der Waals surface area contributed by atoms with Crippen LogP contribution < -0.4 is 0 Å². The second-order valence-electron chi connectivity index (χ2n) is 6.00. The molecular weight excluding hydrogens is 222 g/mol. The number of nitrogens with zero attached hydrogens (tertiary/aromatic N) is 1. The predicted molar refractivity (Wildman–Crippen MR) is 61.7 cm³/mol. The summed E-state index contributed by atoms with van der Waals surface area (Å²) in [6.07, 6.45) is 0.568. The molecule has 1 spiro atoms. The van der Waals surface area contributed by atoms with E-state index in [9.17, 15) is 9.90 Å². The quantitative estimate of drug-likeness (QED) is 0.693. The van der Waals surface area contributed by atoms with Crippen molar-refractivity contribution in [3.63, 3.8) is 0 Å². The molecule has 2 heterocycles. The van der Waals surface area contributed by atoms with Gasteiger partial charge in [-0.15, -0.1) is 0 Å². The summed E-state index contributed by atoms with van der Waals surface area (Å²) in [6, 6.07) is 0. The van der Waals surface area contributed by atoms with Gasteiger partial charge >= 0.3 is 6.09 Å². The molecule has 1 N–H and O–H groups in total. The SMILES string of the molecule is CC(C)(C)OC(=O)N1CCC(O)CC12COC2. The second-order valence-corrected chi connectivity index (χ2v) is 6.00. The summed E-state index contributed by atoms with van der Waals surface area (Å²) in [5.41, 5.74) is -0.820. The average molecular weight is 243 g/mol. The van der Waals surface area contributed by atoms with Crippen molar-refractivity contribution in [1.29, 1.82) is 0 Å². The van der Waals surface area contributed by atoms with Gasteiger partial charge in [0.15, 0.2) is 0 Å². The molecule has 1 amide bonds. The molecule has 0 bridgehead atoms. The first-order valence-corrected chi connectivity index (χ1v) is 6.09. The van der Waals surface area contributed by atoms with E-state index in [-0.39, 0.29) is 17.7 Å². The smallest absolute Gasteiger partial charge is 0.410 e. The lowest BCUT2D eigenvalue weighted by Crippen LogP contribution is -2.68. The van der Waals surface area contributed by atoms with Crippen LogP contribution in [0.3, 0.4) is 0 Å². The van der Waals surface area contributed by atoms with E-state index in [1.54, 1.807) is 4.90 Å². The van der Waals surface area contributed by atoms with Crippen LogP contribution in [0.4, 0.5) is 4.79 Å². The van der Waals surface area contributed by atoms with Gasteiger partial charge < -0.3 is 14.6 Å². The van der Waals surface area contributed by atoms with Crippen molar-refractivity contribution in [1.82, 2.24) is 4.90 Å². The van der Waals surface area contributed by atoms with E-state index < -0.39 is 5.60 Å². The number of amides is 1. The zero-order valence-electron chi connectivity index (χ0n) is 10.7. The Kier molecular flexibility index (Phi) is 3.08. The van der Waals surface area contributed by atoms with Crippen molar-refractivity contribution < 1.29 is 19.4 Å². The van der Waals surface area contributed by atoms with Gasteiger partial charge in [-0.2, -0.15) is 0 Å². The molecule has 2 aliphatic heterocycles. The van der Waals surface area contributed by atoms with Gasteiger partial charge in [-0.25, -0.2) is 4.79 Å². The lowest BCUT2D eigenvalue weighted by Gasteiger charge is -2.53. The van der Waals surface area contributed by atoms with E-state index in [4.69, 9.17) is 9.47 Å².